The van der Waals surface area contributed by atoms with Crippen molar-refractivity contribution in [2.75, 3.05) is 0 Å². The molecule has 0 unspecified atom stereocenters. The van der Waals surface area contributed by atoms with Crippen LogP contribution in [0, 0.1) is 0 Å². The van der Waals surface area contributed by atoms with E-state index in [0.29, 0.717) is 5.56 Å². The first-order valence-electron chi connectivity index (χ1n) is 9.86. The molecule has 0 amide bonds. The Labute approximate surface area is 181 Å². The molecule has 0 aromatic heterocycles. The summed E-state index contributed by atoms with van der Waals surface area (Å²) in [5.41, 5.74) is 1.51. The summed E-state index contributed by atoms with van der Waals surface area (Å²) in [5.74, 6) is -0.294. The summed E-state index contributed by atoms with van der Waals surface area (Å²) in [5, 5.41) is 0. The number of hydrogen-bond donors (Lipinski definition) is 0. The zero-order chi connectivity index (χ0) is 20.8. The van der Waals surface area contributed by atoms with Crippen LogP contribution in [0.3, 0.4) is 0 Å². The van der Waals surface area contributed by atoms with Gasteiger partial charge < -0.3 is 0 Å². The Hall–Kier alpha value is -3.11. The van der Waals surface area contributed by atoms with Crippen LogP contribution in [0.5, 0.6) is 0 Å². The Bertz CT molecular complexity index is 1030. The van der Waals surface area contributed by atoms with E-state index in [1.165, 1.54) is 0 Å². The van der Waals surface area contributed by atoms with Crippen molar-refractivity contribution in [1.29, 1.82) is 0 Å². The van der Waals surface area contributed by atoms with Gasteiger partial charge in [0, 0.05) is 0 Å². The predicted octanol–water partition coefficient (Wildman–Crippen LogP) is 4.15. The van der Waals surface area contributed by atoms with Gasteiger partial charge in [0.25, 0.3) is 0 Å². The molecule has 0 bridgehead atoms. The van der Waals surface area contributed by atoms with E-state index >= 15 is 0 Å². The topological polar surface area (TPSA) is 26.3 Å². The molecule has 0 radical (unpaired) electrons. The Morgan fingerprint density at radius 1 is 0.633 bits per heavy atom. The standard InChI is InChI=1S/C9H8O2.3C6H5.Sn/c1-2-7-3-5-8(6-4-7)9(10)11;3*1-2-4-6-5-3-1;/h2-6H,1H2,(H,10,11);3*1-5H;/q;;;;+1/p-1. The molecule has 0 aliphatic heterocycles. The van der Waals surface area contributed by atoms with Gasteiger partial charge in [-0.05, 0) is 0 Å². The molecule has 0 N–H and O–H groups in total. The summed E-state index contributed by atoms with van der Waals surface area (Å²) >= 11 is -4.08. The van der Waals surface area contributed by atoms with Crippen molar-refractivity contribution >= 4 is 41.6 Å². The van der Waals surface area contributed by atoms with Crippen LogP contribution in [0.25, 0.3) is 6.08 Å². The van der Waals surface area contributed by atoms with Gasteiger partial charge in [0.1, 0.15) is 0 Å². The monoisotopic (exact) mass is 498 g/mol. The third-order valence-corrected chi connectivity index (χ3v) is 16.4. The van der Waals surface area contributed by atoms with Gasteiger partial charge in [-0.25, -0.2) is 0 Å². The van der Waals surface area contributed by atoms with Gasteiger partial charge in [-0.15, -0.1) is 0 Å². The van der Waals surface area contributed by atoms with E-state index in [2.05, 4.69) is 43.0 Å². The van der Waals surface area contributed by atoms with E-state index in [1.807, 2.05) is 66.7 Å². The molecule has 3 heteroatoms. The maximum absolute atomic E-state index is 13.4. The van der Waals surface area contributed by atoms with Gasteiger partial charge in [0.2, 0.25) is 0 Å². The molecule has 4 rings (SSSR count). The van der Waals surface area contributed by atoms with Gasteiger partial charge >= 0.3 is 182 Å². The minimum atomic E-state index is -4.08. The zero-order valence-electron chi connectivity index (χ0n) is 16.6. The van der Waals surface area contributed by atoms with Gasteiger partial charge in [0.15, 0.2) is 0 Å². The average molecular weight is 497 g/mol. The molecule has 4 aromatic carbocycles. The van der Waals surface area contributed by atoms with Crippen molar-refractivity contribution in [1.82, 2.24) is 0 Å². The molecule has 146 valence electrons. The van der Waals surface area contributed by atoms with E-state index in [4.69, 9.17) is 3.07 Å². The fraction of sp³-hybridized carbons (Fsp3) is 0. The summed E-state index contributed by atoms with van der Waals surface area (Å²) in [6.45, 7) is 3.78. The van der Waals surface area contributed by atoms with Crippen molar-refractivity contribution in [3.8, 4) is 0 Å². The van der Waals surface area contributed by atoms with E-state index < -0.39 is 18.8 Å². The first-order chi connectivity index (χ1) is 14.7. The third kappa shape index (κ3) is 3.96. The van der Waals surface area contributed by atoms with Gasteiger partial charge in [-0.2, -0.15) is 0 Å². The Kier molecular flexibility index (Phi) is 6.15. The molecule has 0 fully saturated rings. The van der Waals surface area contributed by atoms with Crippen LogP contribution in [0.2, 0.25) is 0 Å². The second-order valence-electron chi connectivity index (χ2n) is 6.99. The third-order valence-electron chi connectivity index (χ3n) is 5.17. The fourth-order valence-electron chi connectivity index (χ4n) is 3.65. The van der Waals surface area contributed by atoms with E-state index in [1.54, 1.807) is 18.2 Å². The molecule has 0 saturated carbocycles. The number of hydrogen-bond acceptors (Lipinski definition) is 2. The van der Waals surface area contributed by atoms with Crippen LogP contribution in [-0.2, 0) is 3.07 Å². The first-order valence-corrected chi connectivity index (χ1v) is 15.3. The van der Waals surface area contributed by atoms with Crippen molar-refractivity contribution in [2.24, 2.45) is 0 Å². The molecule has 30 heavy (non-hydrogen) atoms. The van der Waals surface area contributed by atoms with Gasteiger partial charge in [-0.3, -0.25) is 0 Å². The maximum atomic E-state index is 13.4. The molecular weight excluding hydrogens is 475 g/mol. The molecule has 2 nitrogen and oxygen atoms in total. The molecule has 0 aliphatic carbocycles. The van der Waals surface area contributed by atoms with Crippen LogP contribution in [0.15, 0.2) is 122 Å². The SMILES string of the molecule is C=Cc1ccc(C(=O)[O][Sn]([c]2ccccc2)([c]2ccccc2)[c]2ccccc2)cc1. The Morgan fingerprint density at radius 2 is 1.03 bits per heavy atom. The van der Waals surface area contributed by atoms with Crippen LogP contribution in [-0.4, -0.2) is 24.8 Å². The predicted molar refractivity (Wildman–Crippen MR) is 126 cm³/mol. The second kappa shape index (κ2) is 9.14. The summed E-state index contributed by atoms with van der Waals surface area (Å²) in [6.07, 6.45) is 1.76. The first kappa shape index (κ1) is 20.2. The Morgan fingerprint density at radius 3 is 1.40 bits per heavy atom. The average Bonchev–Trinajstić information content (AvgIpc) is 2.84. The number of carbonyl (C=O) groups excluding carboxylic acids is 1. The number of carbonyl (C=O) groups is 1. The summed E-state index contributed by atoms with van der Waals surface area (Å²) < 4.78 is 9.89. The van der Waals surface area contributed by atoms with Crippen LogP contribution >= 0.6 is 0 Å². The van der Waals surface area contributed by atoms with Gasteiger partial charge in [-0.1, -0.05) is 0 Å². The number of rotatable bonds is 6. The van der Waals surface area contributed by atoms with Crippen LogP contribution in [0.4, 0.5) is 0 Å². The Balaban J connectivity index is 1.90. The minimum absolute atomic E-state index is 0.294. The fourth-order valence-corrected chi connectivity index (χ4v) is 14.3. The molecule has 0 saturated heterocycles. The second-order valence-corrected chi connectivity index (χ2v) is 16.4. The van der Waals surface area contributed by atoms with Crippen LogP contribution < -0.4 is 10.7 Å². The van der Waals surface area contributed by atoms with Crippen molar-refractivity contribution in [3.05, 3.63) is 133 Å². The summed E-state index contributed by atoms with van der Waals surface area (Å²) in [6, 6.07) is 38.0. The van der Waals surface area contributed by atoms with E-state index in [-0.39, 0.29) is 5.97 Å². The number of benzene rings is 4. The van der Waals surface area contributed by atoms with Crippen molar-refractivity contribution in [3.63, 3.8) is 0 Å². The summed E-state index contributed by atoms with van der Waals surface area (Å²) in [7, 11) is 0. The molecule has 0 aliphatic rings. The van der Waals surface area contributed by atoms with E-state index in [9.17, 15) is 4.79 Å². The zero-order valence-corrected chi connectivity index (χ0v) is 19.4. The van der Waals surface area contributed by atoms with Crippen LogP contribution in [0.1, 0.15) is 15.9 Å². The molecule has 0 heterocycles. The molecule has 0 atom stereocenters. The van der Waals surface area contributed by atoms with Gasteiger partial charge in [0.05, 0.1) is 0 Å². The van der Waals surface area contributed by atoms with E-state index in [0.717, 1.165) is 16.3 Å². The van der Waals surface area contributed by atoms with Crippen molar-refractivity contribution in [2.45, 2.75) is 0 Å². The quantitative estimate of drug-likeness (QED) is 0.375. The summed E-state index contributed by atoms with van der Waals surface area (Å²) in [4.78, 5) is 13.4. The molecule has 0 spiro atoms. The molecular formula is C27H22O2Sn. The molecule has 4 aromatic rings. The van der Waals surface area contributed by atoms with Crippen molar-refractivity contribution < 1.29 is 7.87 Å². The normalized spacial score (nSPS) is 10.9.